The molecule has 0 amide bonds. The first-order chi connectivity index (χ1) is 17.5. The maximum Gasteiger partial charge on any atom is 0.416 e. The summed E-state index contributed by atoms with van der Waals surface area (Å²) in [5.74, 6) is -1.04. The van der Waals surface area contributed by atoms with Crippen molar-refractivity contribution in [1.29, 1.82) is 0 Å². The standard InChI is InChI=1S/C24H22F5N7O/c1-15(23(37,12-35-14-30-13-31-35)19-6-5-18(25)10-20(19)26)34-7-8-36-21(11-34)32-22(33-36)16-3-2-4-17(9-16)24(27,28)29/h2-6,9-10,13-15,37H,7-8,11-12H2,1H3. The molecule has 1 aliphatic rings. The van der Waals surface area contributed by atoms with Crippen LogP contribution in [0.5, 0.6) is 0 Å². The van der Waals surface area contributed by atoms with E-state index in [4.69, 9.17) is 0 Å². The zero-order valence-corrected chi connectivity index (χ0v) is 19.6. The van der Waals surface area contributed by atoms with Gasteiger partial charge in [-0.25, -0.2) is 28.1 Å². The van der Waals surface area contributed by atoms with Crippen LogP contribution in [0.15, 0.2) is 55.1 Å². The summed E-state index contributed by atoms with van der Waals surface area (Å²) in [5, 5.41) is 20.2. The van der Waals surface area contributed by atoms with E-state index in [9.17, 15) is 27.1 Å². The molecule has 0 saturated carbocycles. The van der Waals surface area contributed by atoms with Gasteiger partial charge in [-0.05, 0) is 25.1 Å². The highest BCUT2D eigenvalue weighted by atomic mass is 19.4. The predicted octanol–water partition coefficient (Wildman–Crippen LogP) is 3.63. The van der Waals surface area contributed by atoms with Gasteiger partial charge in [-0.2, -0.15) is 23.4 Å². The Kier molecular flexibility index (Phi) is 6.28. The molecule has 0 spiro atoms. The quantitative estimate of drug-likeness (QED) is 0.392. The maximum absolute atomic E-state index is 14.9. The first kappa shape index (κ1) is 25.0. The van der Waals surface area contributed by atoms with Crippen molar-refractivity contribution in [1.82, 2.24) is 34.4 Å². The topological polar surface area (TPSA) is 84.9 Å². The molecule has 2 unspecified atom stereocenters. The van der Waals surface area contributed by atoms with Crippen LogP contribution in [0.25, 0.3) is 11.4 Å². The Bertz CT molecular complexity index is 1400. The highest BCUT2D eigenvalue weighted by Crippen LogP contribution is 2.35. The van der Waals surface area contributed by atoms with E-state index in [1.165, 1.54) is 35.5 Å². The van der Waals surface area contributed by atoms with Crippen molar-refractivity contribution >= 4 is 0 Å². The third-order valence-corrected chi connectivity index (χ3v) is 6.65. The summed E-state index contributed by atoms with van der Waals surface area (Å²) < 4.78 is 70.9. The number of hydrogen-bond donors (Lipinski definition) is 1. The summed E-state index contributed by atoms with van der Waals surface area (Å²) in [6, 6.07) is 7.06. The van der Waals surface area contributed by atoms with E-state index in [1.54, 1.807) is 11.6 Å². The molecule has 2 aromatic carbocycles. The lowest BCUT2D eigenvalue weighted by molar-refractivity contribution is -0.137. The summed E-state index contributed by atoms with van der Waals surface area (Å²) in [5.41, 5.74) is -2.51. The lowest BCUT2D eigenvalue weighted by Crippen LogP contribution is -2.53. The van der Waals surface area contributed by atoms with Crippen LogP contribution < -0.4 is 0 Å². The molecule has 0 fully saturated rings. The van der Waals surface area contributed by atoms with Gasteiger partial charge in [0.2, 0.25) is 0 Å². The average molecular weight is 519 g/mol. The van der Waals surface area contributed by atoms with Crippen LogP contribution in [-0.2, 0) is 31.4 Å². The Balaban J connectivity index is 1.45. The fraction of sp³-hybridized carbons (Fsp3) is 0.333. The number of rotatable bonds is 6. The van der Waals surface area contributed by atoms with Crippen LogP contribution in [0.1, 0.15) is 23.9 Å². The second-order valence-corrected chi connectivity index (χ2v) is 8.94. The number of benzene rings is 2. The summed E-state index contributed by atoms with van der Waals surface area (Å²) >= 11 is 0. The molecule has 37 heavy (non-hydrogen) atoms. The van der Waals surface area contributed by atoms with Gasteiger partial charge in [0.05, 0.1) is 25.2 Å². The molecule has 2 aromatic heterocycles. The van der Waals surface area contributed by atoms with E-state index in [0.29, 0.717) is 25.0 Å². The van der Waals surface area contributed by atoms with Crippen LogP contribution in [0.3, 0.4) is 0 Å². The normalized spacial score (nSPS) is 16.8. The largest absolute Gasteiger partial charge is 0.416 e. The summed E-state index contributed by atoms with van der Waals surface area (Å²) in [6.45, 7) is 2.48. The zero-order chi connectivity index (χ0) is 26.4. The van der Waals surface area contributed by atoms with Crippen LogP contribution in [0.2, 0.25) is 0 Å². The van der Waals surface area contributed by atoms with E-state index in [1.807, 2.05) is 4.90 Å². The van der Waals surface area contributed by atoms with Crippen molar-refractivity contribution in [3.63, 3.8) is 0 Å². The predicted molar refractivity (Wildman–Crippen MR) is 121 cm³/mol. The van der Waals surface area contributed by atoms with Crippen LogP contribution >= 0.6 is 0 Å². The van der Waals surface area contributed by atoms with Crippen molar-refractivity contribution in [3.05, 3.63) is 83.7 Å². The minimum absolute atomic E-state index is 0.103. The molecular formula is C24H22F5N7O. The number of nitrogens with zero attached hydrogens (tertiary/aromatic N) is 7. The van der Waals surface area contributed by atoms with Gasteiger partial charge in [-0.15, -0.1) is 0 Å². The van der Waals surface area contributed by atoms with Crippen molar-refractivity contribution in [2.24, 2.45) is 0 Å². The number of aromatic nitrogens is 6. The van der Waals surface area contributed by atoms with E-state index in [2.05, 4.69) is 20.2 Å². The molecule has 13 heteroatoms. The van der Waals surface area contributed by atoms with Gasteiger partial charge in [0.1, 0.15) is 35.7 Å². The molecule has 4 aromatic rings. The van der Waals surface area contributed by atoms with Crippen molar-refractivity contribution < 1.29 is 27.1 Å². The molecule has 5 rings (SSSR count). The van der Waals surface area contributed by atoms with E-state index < -0.39 is 35.0 Å². The lowest BCUT2D eigenvalue weighted by atomic mass is 9.85. The second kappa shape index (κ2) is 9.30. The maximum atomic E-state index is 14.9. The zero-order valence-electron chi connectivity index (χ0n) is 19.6. The number of alkyl halides is 3. The Labute approximate surface area is 208 Å². The molecule has 2 atom stereocenters. The van der Waals surface area contributed by atoms with Gasteiger partial charge >= 0.3 is 6.18 Å². The highest BCUT2D eigenvalue weighted by molar-refractivity contribution is 5.56. The molecule has 1 aliphatic heterocycles. The van der Waals surface area contributed by atoms with E-state index in [-0.39, 0.29) is 30.0 Å². The van der Waals surface area contributed by atoms with Gasteiger partial charge in [-0.3, -0.25) is 4.90 Å². The third-order valence-electron chi connectivity index (χ3n) is 6.65. The van der Waals surface area contributed by atoms with Crippen molar-refractivity contribution in [2.45, 2.75) is 44.4 Å². The van der Waals surface area contributed by atoms with Crippen LogP contribution in [-0.4, -0.2) is 52.1 Å². The summed E-state index contributed by atoms with van der Waals surface area (Å²) in [7, 11) is 0. The second-order valence-electron chi connectivity index (χ2n) is 8.94. The minimum Gasteiger partial charge on any atom is -0.381 e. The van der Waals surface area contributed by atoms with Crippen molar-refractivity contribution in [3.8, 4) is 11.4 Å². The molecule has 194 valence electrons. The molecule has 8 nitrogen and oxygen atoms in total. The van der Waals surface area contributed by atoms with Crippen LogP contribution in [0.4, 0.5) is 22.0 Å². The van der Waals surface area contributed by atoms with E-state index in [0.717, 1.165) is 18.2 Å². The molecular weight excluding hydrogens is 497 g/mol. The molecule has 0 saturated heterocycles. The summed E-state index contributed by atoms with van der Waals surface area (Å²) in [6.07, 6.45) is -1.83. The Morgan fingerprint density at radius 2 is 1.89 bits per heavy atom. The average Bonchev–Trinajstić information content (AvgIpc) is 3.52. The molecule has 0 bridgehead atoms. The third kappa shape index (κ3) is 4.83. The Morgan fingerprint density at radius 3 is 2.59 bits per heavy atom. The number of halogens is 5. The molecule has 1 N–H and O–H groups in total. The van der Waals surface area contributed by atoms with Crippen LogP contribution in [0, 0.1) is 11.6 Å². The fourth-order valence-electron chi connectivity index (χ4n) is 4.59. The minimum atomic E-state index is -4.49. The van der Waals surface area contributed by atoms with E-state index >= 15 is 0 Å². The first-order valence-electron chi connectivity index (χ1n) is 11.4. The molecule has 0 radical (unpaired) electrons. The smallest absolute Gasteiger partial charge is 0.381 e. The lowest BCUT2D eigenvalue weighted by Gasteiger charge is -2.42. The van der Waals surface area contributed by atoms with Gasteiger partial charge in [0, 0.05) is 29.8 Å². The molecule has 3 heterocycles. The summed E-state index contributed by atoms with van der Waals surface area (Å²) in [4.78, 5) is 10.2. The van der Waals surface area contributed by atoms with Gasteiger partial charge in [-0.1, -0.05) is 18.2 Å². The number of fused-ring (bicyclic) bond motifs is 1. The Hall–Kier alpha value is -3.71. The highest BCUT2D eigenvalue weighted by Gasteiger charge is 2.43. The van der Waals surface area contributed by atoms with Crippen molar-refractivity contribution in [2.75, 3.05) is 6.54 Å². The first-order valence-corrected chi connectivity index (χ1v) is 11.4. The monoisotopic (exact) mass is 519 g/mol. The van der Waals surface area contributed by atoms with Gasteiger partial charge < -0.3 is 5.11 Å². The fourth-order valence-corrected chi connectivity index (χ4v) is 4.59. The number of aliphatic hydroxyl groups is 1. The van der Waals surface area contributed by atoms with Gasteiger partial charge in [0.25, 0.3) is 0 Å². The number of hydrogen-bond acceptors (Lipinski definition) is 6. The Morgan fingerprint density at radius 1 is 1.08 bits per heavy atom. The van der Waals surface area contributed by atoms with Gasteiger partial charge in [0.15, 0.2) is 5.82 Å². The SMILES string of the molecule is CC(N1CCn2nc(-c3cccc(C(F)(F)F)c3)nc2C1)C(O)(Cn1cncn1)c1ccc(F)cc1F. The molecule has 0 aliphatic carbocycles.